The van der Waals surface area contributed by atoms with Gasteiger partial charge in [0.25, 0.3) is 0 Å². The summed E-state index contributed by atoms with van der Waals surface area (Å²) in [5.74, 6) is 0.847. The lowest BCUT2D eigenvalue weighted by molar-refractivity contribution is 0.323. The number of aromatic nitrogens is 3. The third-order valence-electron chi connectivity index (χ3n) is 5.54. The molecule has 1 saturated carbocycles. The van der Waals surface area contributed by atoms with Gasteiger partial charge in [0.05, 0.1) is 22.5 Å². The Balaban J connectivity index is 1.70. The maximum atomic E-state index is 9.97. The third kappa shape index (κ3) is 2.87. The number of rotatable bonds is 4. The van der Waals surface area contributed by atoms with Gasteiger partial charge in [-0.05, 0) is 55.7 Å². The monoisotopic (exact) mass is 391 g/mol. The normalized spacial score (nSPS) is 13.4. The van der Waals surface area contributed by atoms with Gasteiger partial charge in [-0.25, -0.2) is 4.98 Å². The molecule has 30 heavy (non-hydrogen) atoms. The molecule has 1 fully saturated rings. The van der Waals surface area contributed by atoms with Gasteiger partial charge in [-0.2, -0.15) is 10.5 Å². The van der Waals surface area contributed by atoms with Crippen LogP contribution in [0.5, 0.6) is 11.6 Å². The van der Waals surface area contributed by atoms with Crippen LogP contribution in [-0.2, 0) is 0 Å². The Bertz CT molecular complexity index is 1320. The standard InChI is InChI=1S/C24H17N5O/c25-14-16-5-4-12-28-24(16)30-18-9-10-19-20(15-26)23(21-8-1-2-11-27-21)29(22(19)13-18)17-6-3-7-17/h1-2,4-5,8-13,17H,3,6-7H2. The molecular weight excluding hydrogens is 374 g/mol. The van der Waals surface area contributed by atoms with Crippen molar-refractivity contribution < 1.29 is 4.74 Å². The van der Waals surface area contributed by atoms with Crippen LogP contribution in [0.2, 0.25) is 0 Å². The van der Waals surface area contributed by atoms with Crippen molar-refractivity contribution in [3.8, 4) is 35.2 Å². The van der Waals surface area contributed by atoms with Crippen LogP contribution in [0.3, 0.4) is 0 Å². The number of pyridine rings is 2. The Morgan fingerprint density at radius 1 is 0.967 bits per heavy atom. The molecule has 0 radical (unpaired) electrons. The number of ether oxygens (including phenoxy) is 1. The third-order valence-corrected chi connectivity index (χ3v) is 5.54. The van der Waals surface area contributed by atoms with Gasteiger partial charge in [0.15, 0.2) is 0 Å². The predicted molar refractivity (Wildman–Crippen MR) is 112 cm³/mol. The molecule has 0 spiro atoms. The zero-order valence-electron chi connectivity index (χ0n) is 16.1. The lowest BCUT2D eigenvalue weighted by Gasteiger charge is -2.30. The van der Waals surface area contributed by atoms with E-state index in [0.717, 1.165) is 35.1 Å². The molecular formula is C24H17N5O. The molecule has 3 heterocycles. The lowest BCUT2D eigenvalue weighted by atomic mass is 9.92. The summed E-state index contributed by atoms with van der Waals surface area (Å²) in [5, 5.41) is 20.1. The van der Waals surface area contributed by atoms with Crippen molar-refractivity contribution >= 4 is 10.9 Å². The lowest BCUT2D eigenvalue weighted by Crippen LogP contribution is -2.18. The molecule has 0 amide bonds. The molecule has 1 aromatic carbocycles. The fourth-order valence-corrected chi connectivity index (χ4v) is 3.91. The van der Waals surface area contributed by atoms with Gasteiger partial charge in [-0.3, -0.25) is 4.98 Å². The van der Waals surface area contributed by atoms with Crippen molar-refractivity contribution in [3.63, 3.8) is 0 Å². The van der Waals surface area contributed by atoms with Crippen LogP contribution in [0, 0.1) is 22.7 Å². The molecule has 0 saturated heterocycles. The van der Waals surface area contributed by atoms with Crippen LogP contribution in [-0.4, -0.2) is 14.5 Å². The minimum absolute atomic E-state index is 0.270. The van der Waals surface area contributed by atoms with Crippen LogP contribution in [0.15, 0.2) is 60.9 Å². The number of nitrogens with zero attached hydrogens (tertiary/aromatic N) is 5. The van der Waals surface area contributed by atoms with Gasteiger partial charge < -0.3 is 9.30 Å². The molecule has 5 rings (SSSR count). The van der Waals surface area contributed by atoms with Gasteiger partial charge in [0, 0.05) is 29.9 Å². The molecule has 0 aliphatic heterocycles. The highest BCUT2D eigenvalue weighted by molar-refractivity contribution is 5.95. The molecule has 6 nitrogen and oxygen atoms in total. The van der Waals surface area contributed by atoms with Crippen molar-refractivity contribution in [2.75, 3.05) is 0 Å². The van der Waals surface area contributed by atoms with Crippen LogP contribution in [0.25, 0.3) is 22.3 Å². The number of hydrogen-bond acceptors (Lipinski definition) is 5. The smallest absolute Gasteiger partial charge is 0.237 e. The summed E-state index contributed by atoms with van der Waals surface area (Å²) in [5.41, 5.74) is 3.57. The van der Waals surface area contributed by atoms with Gasteiger partial charge in [-0.15, -0.1) is 0 Å². The van der Waals surface area contributed by atoms with E-state index in [1.54, 1.807) is 24.5 Å². The fraction of sp³-hybridized carbons (Fsp3) is 0.167. The Kier molecular flexibility index (Phi) is 4.38. The average Bonchev–Trinajstić information content (AvgIpc) is 3.07. The van der Waals surface area contributed by atoms with E-state index >= 15 is 0 Å². The zero-order chi connectivity index (χ0) is 20.5. The van der Waals surface area contributed by atoms with E-state index < -0.39 is 0 Å². The molecule has 0 bridgehead atoms. The predicted octanol–water partition coefficient (Wildman–Crippen LogP) is 5.36. The van der Waals surface area contributed by atoms with E-state index in [1.807, 2.05) is 36.4 Å². The Labute approximate surface area is 173 Å². The van der Waals surface area contributed by atoms with E-state index in [9.17, 15) is 10.5 Å². The highest BCUT2D eigenvalue weighted by Crippen LogP contribution is 2.43. The minimum atomic E-state index is 0.270. The Morgan fingerprint density at radius 3 is 2.53 bits per heavy atom. The highest BCUT2D eigenvalue weighted by Gasteiger charge is 2.28. The van der Waals surface area contributed by atoms with Gasteiger partial charge >= 0.3 is 0 Å². The summed E-state index contributed by atoms with van der Waals surface area (Å²) in [6.45, 7) is 0. The molecule has 144 valence electrons. The van der Waals surface area contributed by atoms with E-state index in [-0.39, 0.29) is 5.88 Å². The first kappa shape index (κ1) is 17.9. The highest BCUT2D eigenvalue weighted by atomic mass is 16.5. The van der Waals surface area contributed by atoms with Crippen molar-refractivity contribution in [2.45, 2.75) is 25.3 Å². The quantitative estimate of drug-likeness (QED) is 0.467. The summed E-state index contributed by atoms with van der Waals surface area (Å²) in [4.78, 5) is 8.70. The van der Waals surface area contributed by atoms with E-state index in [4.69, 9.17) is 4.74 Å². The second kappa shape index (κ2) is 7.35. The largest absolute Gasteiger partial charge is 0.438 e. The summed E-state index contributed by atoms with van der Waals surface area (Å²) in [7, 11) is 0. The van der Waals surface area contributed by atoms with Crippen LogP contribution in [0.4, 0.5) is 0 Å². The summed E-state index contributed by atoms with van der Waals surface area (Å²) < 4.78 is 8.17. The molecule has 1 aliphatic rings. The Morgan fingerprint density at radius 2 is 1.83 bits per heavy atom. The van der Waals surface area contributed by atoms with Gasteiger partial charge in [0.1, 0.15) is 23.5 Å². The Hall–Kier alpha value is -4.16. The number of nitriles is 2. The first-order valence-corrected chi connectivity index (χ1v) is 9.82. The van der Waals surface area contributed by atoms with Gasteiger partial charge in [-0.1, -0.05) is 6.07 Å². The summed E-state index contributed by atoms with van der Waals surface area (Å²) >= 11 is 0. The number of hydrogen-bond donors (Lipinski definition) is 0. The van der Waals surface area contributed by atoms with E-state index in [0.29, 0.717) is 22.9 Å². The molecule has 3 aromatic heterocycles. The topological polar surface area (TPSA) is 87.5 Å². The maximum Gasteiger partial charge on any atom is 0.237 e. The molecule has 0 unspecified atom stereocenters. The second-order valence-corrected chi connectivity index (χ2v) is 7.25. The van der Waals surface area contributed by atoms with Gasteiger partial charge in [0.2, 0.25) is 5.88 Å². The van der Waals surface area contributed by atoms with E-state index in [2.05, 4.69) is 26.7 Å². The van der Waals surface area contributed by atoms with E-state index in [1.165, 1.54) is 6.42 Å². The van der Waals surface area contributed by atoms with Crippen molar-refractivity contribution in [1.29, 1.82) is 10.5 Å². The van der Waals surface area contributed by atoms with Crippen LogP contribution >= 0.6 is 0 Å². The summed E-state index contributed by atoms with van der Waals surface area (Å²) in [6, 6.07) is 19.6. The zero-order valence-corrected chi connectivity index (χ0v) is 16.1. The SMILES string of the molecule is N#Cc1cccnc1Oc1ccc2c(C#N)c(-c3ccccn3)n(C3CCC3)c2c1. The molecule has 6 heteroatoms. The van der Waals surface area contributed by atoms with Crippen LogP contribution in [0.1, 0.15) is 36.4 Å². The first-order chi connectivity index (χ1) is 14.8. The minimum Gasteiger partial charge on any atom is -0.438 e. The van der Waals surface area contributed by atoms with Crippen LogP contribution < -0.4 is 4.74 Å². The second-order valence-electron chi connectivity index (χ2n) is 7.25. The van der Waals surface area contributed by atoms with Crippen molar-refractivity contribution in [2.24, 2.45) is 0 Å². The van der Waals surface area contributed by atoms with Crippen molar-refractivity contribution in [1.82, 2.24) is 14.5 Å². The molecule has 0 N–H and O–H groups in total. The fourth-order valence-electron chi connectivity index (χ4n) is 3.91. The average molecular weight is 391 g/mol. The van der Waals surface area contributed by atoms with Crippen molar-refractivity contribution in [3.05, 3.63) is 72.1 Å². The number of fused-ring (bicyclic) bond motifs is 1. The molecule has 1 aliphatic carbocycles. The molecule has 0 atom stereocenters. The number of benzene rings is 1. The first-order valence-electron chi connectivity index (χ1n) is 9.82. The molecule has 4 aromatic rings. The maximum absolute atomic E-state index is 9.97. The summed E-state index contributed by atoms with van der Waals surface area (Å²) in [6.07, 6.45) is 6.65.